The molecular weight excluding hydrogens is 753 g/mol. The molecule has 4 nitrogen and oxygen atoms in total. The quantitative estimate of drug-likeness (QED) is 0.105. The molecule has 0 radical (unpaired) electrons. The predicted molar refractivity (Wildman–Crippen MR) is 263 cm³/mol. The fourth-order valence-electron chi connectivity index (χ4n) is 10.2. The average Bonchev–Trinajstić information content (AvgIpc) is 3.91. The van der Waals surface area contributed by atoms with Gasteiger partial charge in [0.05, 0.1) is 33.5 Å². The predicted octanol–water partition coefficient (Wildman–Crippen LogP) is 14.6. The van der Waals surface area contributed by atoms with E-state index in [0.29, 0.717) is 11.4 Å². The van der Waals surface area contributed by atoms with E-state index in [1.807, 2.05) is 6.07 Å². The lowest BCUT2D eigenvalue weighted by Gasteiger charge is -2.22. The van der Waals surface area contributed by atoms with Crippen molar-refractivity contribution in [3.63, 3.8) is 0 Å². The second-order valence-corrected chi connectivity index (χ2v) is 17.1. The number of para-hydroxylation sites is 3. The number of anilines is 1. The third kappa shape index (κ3) is 5.30. The zero-order chi connectivity index (χ0) is 41.7. The topological polar surface area (TPSA) is 48.2 Å². The average molecular weight is 795 g/mol. The summed E-state index contributed by atoms with van der Waals surface area (Å²) in [5.74, 6) is 0.728. The van der Waals surface area contributed by atoms with Gasteiger partial charge in [0, 0.05) is 43.6 Å². The van der Waals surface area contributed by atoms with Crippen molar-refractivity contribution in [2.24, 2.45) is 4.99 Å². The lowest BCUT2D eigenvalue weighted by Crippen LogP contribution is -2.16. The van der Waals surface area contributed by atoms with Gasteiger partial charge in [0.25, 0.3) is 0 Å². The highest BCUT2D eigenvalue weighted by atomic mass is 15.1. The molecule has 0 unspecified atom stereocenters. The van der Waals surface area contributed by atoms with Crippen molar-refractivity contribution in [3.8, 4) is 27.9 Å². The number of nitrogen functional groups attached to an aromatic ring is 1. The molecule has 9 aromatic carbocycles. The fourth-order valence-corrected chi connectivity index (χ4v) is 10.2. The van der Waals surface area contributed by atoms with Crippen molar-refractivity contribution in [1.29, 1.82) is 0 Å². The molecule has 1 aliphatic rings. The summed E-state index contributed by atoms with van der Waals surface area (Å²) in [4.78, 5) is 5.56. The summed E-state index contributed by atoms with van der Waals surface area (Å²) in [6, 6.07) is 69.6. The first-order valence-electron chi connectivity index (χ1n) is 21.3. The molecule has 0 aliphatic heterocycles. The lowest BCUT2D eigenvalue weighted by molar-refractivity contribution is 0.660. The van der Waals surface area contributed by atoms with Gasteiger partial charge in [-0.3, -0.25) is 4.57 Å². The van der Waals surface area contributed by atoms with Gasteiger partial charge >= 0.3 is 0 Å². The molecule has 11 aromatic rings. The number of aromatic nitrogens is 2. The maximum atomic E-state index is 7.22. The SMILES string of the molecule is C=C(N=C(c1ccc2ccccc2c1N)n1c2ccccc2c2ccc(-c3ccc4c(c3)c3ccccc3n4-c3ccccc3)cc21)c1ccc2c(c1)C(C)(C)c1ccccc1-2. The van der Waals surface area contributed by atoms with Crippen LogP contribution in [0.15, 0.2) is 206 Å². The Morgan fingerprint density at radius 2 is 1.13 bits per heavy atom. The summed E-state index contributed by atoms with van der Waals surface area (Å²) >= 11 is 0. The fraction of sp³-hybridized carbons (Fsp3) is 0.0517. The first-order valence-corrected chi connectivity index (χ1v) is 21.3. The Balaban J connectivity index is 1.08. The smallest absolute Gasteiger partial charge is 0.147 e. The van der Waals surface area contributed by atoms with Crippen LogP contribution >= 0.6 is 0 Å². The van der Waals surface area contributed by atoms with Crippen LogP contribution in [0.4, 0.5) is 5.69 Å². The number of hydrogen-bond donors (Lipinski definition) is 1. The van der Waals surface area contributed by atoms with E-state index in [4.69, 9.17) is 10.7 Å². The standard InChI is InChI=1S/C58H42N4/c1-36(38-26-29-44-43-19-9-12-22-50(43)58(2,3)51(44)34-38)60-57(48-31-25-37-15-7-8-18-42(37)56(48)59)62-53-24-14-10-20-45(53)47-30-27-40(35-55(47)62)39-28-32-54-49(33-39)46-21-11-13-23-52(46)61(54)41-16-5-4-6-17-41/h4-35H,1,59H2,2-3H3. The molecule has 62 heavy (non-hydrogen) atoms. The number of rotatable bonds is 5. The van der Waals surface area contributed by atoms with Crippen LogP contribution in [0.1, 0.15) is 36.1 Å². The maximum Gasteiger partial charge on any atom is 0.147 e. The van der Waals surface area contributed by atoms with Crippen LogP contribution < -0.4 is 5.73 Å². The van der Waals surface area contributed by atoms with Gasteiger partial charge in [-0.25, -0.2) is 4.99 Å². The molecular formula is C58H42N4. The van der Waals surface area contributed by atoms with Gasteiger partial charge in [0.2, 0.25) is 0 Å². The van der Waals surface area contributed by atoms with Crippen LogP contribution in [0.3, 0.4) is 0 Å². The molecule has 0 saturated heterocycles. The summed E-state index contributed by atoms with van der Waals surface area (Å²) < 4.78 is 4.66. The molecule has 0 saturated carbocycles. The van der Waals surface area contributed by atoms with E-state index in [1.54, 1.807) is 0 Å². The highest BCUT2D eigenvalue weighted by Gasteiger charge is 2.35. The van der Waals surface area contributed by atoms with Crippen LogP contribution in [0.5, 0.6) is 0 Å². The van der Waals surface area contributed by atoms with Crippen LogP contribution in [-0.4, -0.2) is 15.0 Å². The van der Waals surface area contributed by atoms with E-state index >= 15 is 0 Å². The van der Waals surface area contributed by atoms with Crippen LogP contribution in [-0.2, 0) is 5.41 Å². The van der Waals surface area contributed by atoms with Crippen molar-refractivity contribution in [2.45, 2.75) is 19.3 Å². The van der Waals surface area contributed by atoms with E-state index in [-0.39, 0.29) is 5.41 Å². The summed E-state index contributed by atoms with van der Waals surface area (Å²) in [6.45, 7) is 9.29. The molecule has 294 valence electrons. The van der Waals surface area contributed by atoms with E-state index in [1.165, 1.54) is 44.1 Å². The lowest BCUT2D eigenvalue weighted by atomic mass is 9.82. The summed E-state index contributed by atoms with van der Waals surface area (Å²) in [6.07, 6.45) is 0. The molecule has 1 aliphatic carbocycles. The van der Waals surface area contributed by atoms with Crippen molar-refractivity contribution in [3.05, 3.63) is 223 Å². The Morgan fingerprint density at radius 1 is 0.500 bits per heavy atom. The molecule has 4 heteroatoms. The second-order valence-electron chi connectivity index (χ2n) is 17.1. The third-order valence-electron chi connectivity index (χ3n) is 13.3. The molecule has 2 heterocycles. The number of nitrogens with zero attached hydrogens (tertiary/aromatic N) is 3. The van der Waals surface area contributed by atoms with Gasteiger partial charge in [0.15, 0.2) is 0 Å². The largest absolute Gasteiger partial charge is 0.398 e. The molecule has 0 bridgehead atoms. The molecule has 2 N–H and O–H groups in total. The Labute approximate surface area is 360 Å². The summed E-state index contributed by atoms with van der Waals surface area (Å²) in [5.41, 5.74) is 23.3. The first-order chi connectivity index (χ1) is 30.3. The van der Waals surface area contributed by atoms with E-state index in [0.717, 1.165) is 66.4 Å². The van der Waals surface area contributed by atoms with Crippen molar-refractivity contribution in [1.82, 2.24) is 9.13 Å². The highest BCUT2D eigenvalue weighted by Crippen LogP contribution is 2.49. The number of hydrogen-bond acceptors (Lipinski definition) is 2. The zero-order valence-corrected chi connectivity index (χ0v) is 34.6. The van der Waals surface area contributed by atoms with E-state index in [9.17, 15) is 0 Å². The normalized spacial score (nSPS) is 13.4. The third-order valence-corrected chi connectivity index (χ3v) is 13.3. The van der Waals surface area contributed by atoms with E-state index in [2.05, 4.69) is 218 Å². The van der Waals surface area contributed by atoms with Gasteiger partial charge in [0.1, 0.15) is 5.84 Å². The molecule has 2 aromatic heterocycles. The molecule has 0 fully saturated rings. The first kappa shape index (κ1) is 35.9. The molecule has 0 spiro atoms. The van der Waals surface area contributed by atoms with Gasteiger partial charge in [-0.1, -0.05) is 160 Å². The Hall–Kier alpha value is -7.95. The molecule has 0 atom stereocenters. The minimum atomic E-state index is -0.153. The second kappa shape index (κ2) is 13.5. The Kier molecular flexibility index (Phi) is 7.85. The van der Waals surface area contributed by atoms with Crippen molar-refractivity contribution in [2.75, 3.05) is 5.73 Å². The van der Waals surface area contributed by atoms with Gasteiger partial charge in [-0.15, -0.1) is 0 Å². The number of benzene rings is 9. The Morgan fingerprint density at radius 3 is 1.97 bits per heavy atom. The maximum absolute atomic E-state index is 7.22. The number of aliphatic imine (C=N–C) groups is 1. The Bertz CT molecular complexity index is 3690. The van der Waals surface area contributed by atoms with Gasteiger partial charge < -0.3 is 10.3 Å². The summed E-state index contributed by atoms with van der Waals surface area (Å²) in [7, 11) is 0. The van der Waals surface area contributed by atoms with Crippen molar-refractivity contribution < 1.29 is 0 Å². The van der Waals surface area contributed by atoms with E-state index < -0.39 is 0 Å². The monoisotopic (exact) mass is 794 g/mol. The zero-order valence-electron chi connectivity index (χ0n) is 34.6. The minimum Gasteiger partial charge on any atom is -0.398 e. The van der Waals surface area contributed by atoms with Crippen molar-refractivity contribution >= 4 is 71.6 Å². The number of fused-ring (bicyclic) bond motifs is 10. The van der Waals surface area contributed by atoms with Crippen LogP contribution in [0.25, 0.3) is 88.0 Å². The summed E-state index contributed by atoms with van der Waals surface area (Å²) in [5, 5.41) is 6.80. The minimum absolute atomic E-state index is 0.153. The van der Waals surface area contributed by atoms with Crippen LogP contribution in [0.2, 0.25) is 0 Å². The van der Waals surface area contributed by atoms with Gasteiger partial charge in [-0.2, -0.15) is 0 Å². The van der Waals surface area contributed by atoms with Crippen LogP contribution in [0, 0.1) is 0 Å². The highest BCUT2D eigenvalue weighted by molar-refractivity contribution is 6.22. The van der Waals surface area contributed by atoms with Gasteiger partial charge in [-0.05, 0) is 98.9 Å². The molecule has 12 rings (SSSR count). The number of nitrogens with two attached hydrogens (primary N) is 1. The molecule has 0 amide bonds.